The van der Waals surface area contributed by atoms with Gasteiger partial charge in [0, 0.05) is 51.2 Å². The number of piperazine rings is 1. The maximum absolute atomic E-state index is 13.1. The van der Waals surface area contributed by atoms with E-state index in [-0.39, 0.29) is 4.90 Å². The van der Waals surface area contributed by atoms with Crippen LogP contribution in [0.5, 0.6) is 11.5 Å². The molecule has 0 atom stereocenters. The lowest BCUT2D eigenvalue weighted by molar-refractivity contribution is 0.185. The summed E-state index contributed by atoms with van der Waals surface area (Å²) in [5.41, 5.74) is 0. The van der Waals surface area contributed by atoms with Crippen molar-refractivity contribution in [3.63, 3.8) is 0 Å². The minimum absolute atomic E-state index is 0.159. The van der Waals surface area contributed by atoms with E-state index in [1.165, 1.54) is 20.3 Å². The van der Waals surface area contributed by atoms with Crippen LogP contribution >= 0.6 is 0 Å². The van der Waals surface area contributed by atoms with E-state index in [0.717, 1.165) is 45.4 Å². The lowest BCUT2D eigenvalue weighted by atomic mass is 10.2. The van der Waals surface area contributed by atoms with Crippen molar-refractivity contribution < 1.29 is 17.9 Å². The van der Waals surface area contributed by atoms with Crippen molar-refractivity contribution in [1.82, 2.24) is 19.0 Å². The SMILES string of the molecule is COc1ccc(OC)c(S(=O)(=O)N2CCN(CCCCCn3cccn3)CC2)c1. The molecule has 0 saturated carbocycles. The molecule has 2 heterocycles. The van der Waals surface area contributed by atoms with E-state index in [2.05, 4.69) is 10.00 Å². The van der Waals surface area contributed by atoms with E-state index >= 15 is 0 Å². The Labute approximate surface area is 173 Å². The van der Waals surface area contributed by atoms with Gasteiger partial charge in [-0.3, -0.25) is 4.68 Å². The minimum atomic E-state index is -3.62. The van der Waals surface area contributed by atoms with Crippen LogP contribution in [-0.4, -0.2) is 74.3 Å². The zero-order valence-corrected chi connectivity index (χ0v) is 18.0. The highest BCUT2D eigenvalue weighted by Gasteiger charge is 2.31. The summed E-state index contributed by atoms with van der Waals surface area (Å²) in [6.45, 7) is 4.39. The molecule has 2 aromatic rings. The summed E-state index contributed by atoms with van der Waals surface area (Å²) in [5.74, 6) is 0.837. The number of unbranched alkanes of at least 4 members (excludes halogenated alkanes) is 2. The average Bonchev–Trinajstić information content (AvgIpc) is 3.27. The van der Waals surface area contributed by atoms with Gasteiger partial charge in [-0.25, -0.2) is 8.42 Å². The highest BCUT2D eigenvalue weighted by atomic mass is 32.2. The third kappa shape index (κ3) is 5.49. The highest BCUT2D eigenvalue weighted by molar-refractivity contribution is 7.89. The minimum Gasteiger partial charge on any atom is -0.497 e. The number of rotatable bonds is 10. The van der Waals surface area contributed by atoms with E-state index in [9.17, 15) is 8.42 Å². The average molecular weight is 423 g/mol. The van der Waals surface area contributed by atoms with E-state index in [0.29, 0.717) is 24.6 Å². The molecule has 0 N–H and O–H groups in total. The molecule has 1 aliphatic rings. The smallest absolute Gasteiger partial charge is 0.246 e. The number of ether oxygens (including phenoxy) is 2. The number of sulfonamides is 1. The molecule has 160 valence electrons. The number of benzene rings is 1. The standard InChI is InChI=1S/C20H30N4O4S/c1-27-18-7-8-19(28-2)20(17-18)29(25,26)24-15-13-22(14-16-24)10-4-3-5-11-23-12-6-9-21-23/h6-9,12,17H,3-5,10-11,13-16H2,1-2H3. The van der Waals surface area contributed by atoms with Crippen molar-refractivity contribution in [3.05, 3.63) is 36.7 Å². The molecule has 1 aliphatic heterocycles. The number of methoxy groups -OCH3 is 2. The monoisotopic (exact) mass is 422 g/mol. The molecule has 0 spiro atoms. The lowest BCUT2D eigenvalue weighted by Crippen LogP contribution is -2.48. The topological polar surface area (TPSA) is 76.9 Å². The molecule has 0 unspecified atom stereocenters. The zero-order valence-electron chi connectivity index (χ0n) is 17.2. The number of hydrogen-bond donors (Lipinski definition) is 0. The van der Waals surface area contributed by atoms with Crippen LogP contribution in [0.25, 0.3) is 0 Å². The fraction of sp³-hybridized carbons (Fsp3) is 0.550. The molecule has 9 heteroatoms. The Kier molecular flexibility index (Phi) is 7.51. The van der Waals surface area contributed by atoms with Gasteiger partial charge in [-0.1, -0.05) is 6.42 Å². The third-order valence-corrected chi connectivity index (χ3v) is 7.16. The first-order chi connectivity index (χ1) is 14.0. The second-order valence-electron chi connectivity index (χ2n) is 7.09. The van der Waals surface area contributed by atoms with E-state index in [1.807, 2.05) is 16.9 Å². The van der Waals surface area contributed by atoms with Gasteiger partial charge < -0.3 is 14.4 Å². The summed E-state index contributed by atoms with van der Waals surface area (Å²) in [5, 5.41) is 4.21. The number of aromatic nitrogens is 2. The van der Waals surface area contributed by atoms with Crippen LogP contribution in [-0.2, 0) is 16.6 Å². The number of hydrogen-bond acceptors (Lipinski definition) is 6. The molecule has 3 rings (SSSR count). The Balaban J connectivity index is 1.48. The predicted molar refractivity (Wildman–Crippen MR) is 111 cm³/mol. The molecule has 1 aromatic carbocycles. The van der Waals surface area contributed by atoms with Gasteiger partial charge in [0.15, 0.2) is 0 Å². The van der Waals surface area contributed by atoms with E-state index in [1.54, 1.807) is 22.6 Å². The second kappa shape index (κ2) is 10.1. The van der Waals surface area contributed by atoms with Gasteiger partial charge in [-0.2, -0.15) is 9.40 Å². The first-order valence-electron chi connectivity index (χ1n) is 9.96. The van der Waals surface area contributed by atoms with Crippen LogP contribution < -0.4 is 9.47 Å². The molecular weight excluding hydrogens is 392 g/mol. The Morgan fingerprint density at radius 1 is 1.00 bits per heavy atom. The fourth-order valence-corrected chi connectivity index (χ4v) is 5.13. The Morgan fingerprint density at radius 2 is 1.76 bits per heavy atom. The summed E-state index contributed by atoms with van der Waals surface area (Å²) >= 11 is 0. The summed E-state index contributed by atoms with van der Waals surface area (Å²) in [6, 6.07) is 6.79. The van der Waals surface area contributed by atoms with Crippen LogP contribution in [0.4, 0.5) is 0 Å². The van der Waals surface area contributed by atoms with Crippen LogP contribution in [0.2, 0.25) is 0 Å². The van der Waals surface area contributed by atoms with Crippen LogP contribution in [0, 0.1) is 0 Å². The summed E-state index contributed by atoms with van der Waals surface area (Å²) in [7, 11) is -0.626. The third-order valence-electron chi connectivity index (χ3n) is 5.24. The molecule has 0 radical (unpaired) electrons. The summed E-state index contributed by atoms with van der Waals surface area (Å²) in [6.07, 6.45) is 7.13. The van der Waals surface area contributed by atoms with Gasteiger partial charge in [-0.05, 0) is 37.6 Å². The molecule has 1 saturated heterocycles. The van der Waals surface area contributed by atoms with Crippen LogP contribution in [0.15, 0.2) is 41.6 Å². The van der Waals surface area contributed by atoms with Gasteiger partial charge in [0.25, 0.3) is 0 Å². The first-order valence-corrected chi connectivity index (χ1v) is 11.4. The quantitative estimate of drug-likeness (QED) is 0.546. The van der Waals surface area contributed by atoms with Crippen molar-refractivity contribution in [1.29, 1.82) is 0 Å². The van der Waals surface area contributed by atoms with E-state index < -0.39 is 10.0 Å². The molecule has 29 heavy (non-hydrogen) atoms. The Bertz CT molecular complexity index is 863. The largest absolute Gasteiger partial charge is 0.497 e. The van der Waals surface area contributed by atoms with Crippen LogP contribution in [0.1, 0.15) is 19.3 Å². The van der Waals surface area contributed by atoms with Crippen molar-refractivity contribution in [2.24, 2.45) is 0 Å². The molecule has 0 aliphatic carbocycles. The Hall–Kier alpha value is -2.10. The van der Waals surface area contributed by atoms with Crippen LogP contribution in [0.3, 0.4) is 0 Å². The van der Waals surface area contributed by atoms with Gasteiger partial charge >= 0.3 is 0 Å². The molecule has 1 aromatic heterocycles. The fourth-order valence-electron chi connectivity index (χ4n) is 3.54. The number of aryl methyl sites for hydroxylation is 1. The molecule has 0 bridgehead atoms. The molecule has 0 amide bonds. The van der Waals surface area contributed by atoms with Gasteiger partial charge in [0.05, 0.1) is 14.2 Å². The summed E-state index contributed by atoms with van der Waals surface area (Å²) < 4.78 is 40.2. The predicted octanol–water partition coefficient (Wildman–Crippen LogP) is 2.08. The number of nitrogens with zero attached hydrogens (tertiary/aromatic N) is 4. The molecule has 8 nitrogen and oxygen atoms in total. The zero-order chi connectivity index (χ0) is 20.7. The second-order valence-corrected chi connectivity index (χ2v) is 9.00. The first kappa shape index (κ1) is 21.6. The van der Waals surface area contributed by atoms with Gasteiger partial charge in [0.1, 0.15) is 16.4 Å². The van der Waals surface area contributed by atoms with Gasteiger partial charge in [0.2, 0.25) is 10.0 Å². The van der Waals surface area contributed by atoms with E-state index in [4.69, 9.17) is 9.47 Å². The molecular formula is C20H30N4O4S. The van der Waals surface area contributed by atoms with Crippen molar-refractivity contribution in [2.75, 3.05) is 46.9 Å². The normalized spacial score (nSPS) is 16.1. The Morgan fingerprint density at radius 3 is 2.41 bits per heavy atom. The maximum atomic E-state index is 13.1. The van der Waals surface area contributed by atoms with Crippen molar-refractivity contribution in [2.45, 2.75) is 30.7 Å². The maximum Gasteiger partial charge on any atom is 0.246 e. The van der Waals surface area contributed by atoms with Gasteiger partial charge in [-0.15, -0.1) is 0 Å². The summed E-state index contributed by atoms with van der Waals surface area (Å²) in [4.78, 5) is 2.49. The lowest BCUT2D eigenvalue weighted by Gasteiger charge is -2.34. The highest BCUT2D eigenvalue weighted by Crippen LogP contribution is 2.31. The van der Waals surface area contributed by atoms with Crippen molar-refractivity contribution >= 4 is 10.0 Å². The molecule has 1 fully saturated rings. The van der Waals surface area contributed by atoms with Crippen molar-refractivity contribution in [3.8, 4) is 11.5 Å².